The van der Waals surface area contributed by atoms with Crippen LogP contribution in [-0.2, 0) is 20.7 Å². The molecule has 0 radical (unpaired) electrons. The highest BCUT2D eigenvalue weighted by Crippen LogP contribution is 2.29. The molecule has 2 saturated heterocycles. The highest BCUT2D eigenvalue weighted by atomic mass is 16.5. The minimum Gasteiger partial charge on any atom is -0.381 e. The predicted octanol–water partition coefficient (Wildman–Crippen LogP) is 3.18. The van der Waals surface area contributed by atoms with Gasteiger partial charge in [-0.05, 0) is 62.8 Å². The molecular weight excluding hydrogens is 364 g/mol. The molecule has 1 aromatic carbocycles. The third-order valence-electron chi connectivity index (χ3n) is 7.02. The molecule has 1 N–H and O–H groups in total. The number of nitrogens with zero attached hydrogens (tertiary/aromatic N) is 1. The van der Waals surface area contributed by atoms with E-state index >= 15 is 0 Å². The Morgan fingerprint density at radius 2 is 1.66 bits per heavy atom. The Labute approximate surface area is 174 Å². The normalized spacial score (nSPS) is 28.3. The largest absolute Gasteiger partial charge is 0.381 e. The lowest BCUT2D eigenvalue weighted by atomic mass is 9.83. The first-order valence-corrected chi connectivity index (χ1v) is 11.4. The molecule has 0 bridgehead atoms. The Balaban J connectivity index is 1.18. The van der Waals surface area contributed by atoms with E-state index in [0.29, 0.717) is 25.0 Å². The first kappa shape index (κ1) is 20.4. The maximum atomic E-state index is 13.0. The SMILES string of the molecule is O=C(NC1CCC(C(=O)N2CCC(Cc3ccccc3)CC2)CC1)C1CCOC1. The summed E-state index contributed by atoms with van der Waals surface area (Å²) in [6.45, 7) is 3.05. The number of hydrogen-bond acceptors (Lipinski definition) is 3. The second kappa shape index (κ2) is 9.75. The van der Waals surface area contributed by atoms with E-state index in [1.807, 2.05) is 0 Å². The number of nitrogens with one attached hydrogen (secondary N) is 1. The summed E-state index contributed by atoms with van der Waals surface area (Å²) in [7, 11) is 0. The van der Waals surface area contributed by atoms with Crippen molar-refractivity contribution >= 4 is 11.8 Å². The van der Waals surface area contributed by atoms with E-state index in [4.69, 9.17) is 4.74 Å². The third-order valence-corrected chi connectivity index (χ3v) is 7.02. The van der Waals surface area contributed by atoms with E-state index in [0.717, 1.165) is 64.5 Å². The van der Waals surface area contributed by atoms with Crippen LogP contribution < -0.4 is 5.32 Å². The second-order valence-electron chi connectivity index (χ2n) is 9.08. The molecule has 1 aliphatic carbocycles. The maximum absolute atomic E-state index is 13.0. The quantitative estimate of drug-likeness (QED) is 0.829. The van der Waals surface area contributed by atoms with Gasteiger partial charge in [-0.25, -0.2) is 0 Å². The van der Waals surface area contributed by atoms with Crippen molar-refractivity contribution in [3.63, 3.8) is 0 Å². The van der Waals surface area contributed by atoms with Crippen LogP contribution in [0.15, 0.2) is 30.3 Å². The Hall–Kier alpha value is -1.88. The molecule has 0 aromatic heterocycles. The number of piperidine rings is 1. The molecule has 3 aliphatic rings. The topological polar surface area (TPSA) is 58.6 Å². The molecule has 1 saturated carbocycles. The number of likely N-dealkylation sites (tertiary alicyclic amines) is 1. The third kappa shape index (κ3) is 5.39. The van der Waals surface area contributed by atoms with E-state index in [1.165, 1.54) is 5.56 Å². The summed E-state index contributed by atoms with van der Waals surface area (Å²) in [5.74, 6) is 1.33. The van der Waals surface area contributed by atoms with Crippen LogP contribution in [0.4, 0.5) is 0 Å². The van der Waals surface area contributed by atoms with Gasteiger partial charge in [0.1, 0.15) is 0 Å². The van der Waals surface area contributed by atoms with Crippen molar-refractivity contribution in [3.8, 4) is 0 Å². The van der Waals surface area contributed by atoms with E-state index < -0.39 is 0 Å². The van der Waals surface area contributed by atoms with E-state index in [9.17, 15) is 9.59 Å². The van der Waals surface area contributed by atoms with E-state index in [2.05, 4.69) is 40.5 Å². The number of hydrogen-bond donors (Lipinski definition) is 1. The fraction of sp³-hybridized carbons (Fsp3) is 0.667. The van der Waals surface area contributed by atoms with Crippen LogP contribution in [0.2, 0.25) is 0 Å². The number of carbonyl (C=O) groups is 2. The van der Waals surface area contributed by atoms with Crippen molar-refractivity contribution in [2.24, 2.45) is 17.8 Å². The molecule has 1 unspecified atom stereocenters. The number of carbonyl (C=O) groups excluding carboxylic acids is 2. The molecule has 2 heterocycles. The number of amides is 2. The standard InChI is InChI=1S/C24H34N2O3/c27-23(21-12-15-29-17-21)25-22-8-6-20(7-9-22)24(28)26-13-10-19(11-14-26)16-18-4-2-1-3-5-18/h1-5,19-22H,6-17H2,(H,25,27). The molecule has 5 heteroatoms. The molecule has 158 valence electrons. The zero-order chi connectivity index (χ0) is 20.1. The zero-order valence-corrected chi connectivity index (χ0v) is 17.4. The summed E-state index contributed by atoms with van der Waals surface area (Å²) >= 11 is 0. The van der Waals surface area contributed by atoms with Gasteiger partial charge in [0.15, 0.2) is 0 Å². The van der Waals surface area contributed by atoms with Gasteiger partial charge in [-0.3, -0.25) is 9.59 Å². The molecule has 2 aliphatic heterocycles. The average Bonchev–Trinajstić information content (AvgIpc) is 3.30. The van der Waals surface area contributed by atoms with Crippen LogP contribution in [0, 0.1) is 17.8 Å². The summed E-state index contributed by atoms with van der Waals surface area (Å²) in [6, 6.07) is 10.9. The van der Waals surface area contributed by atoms with Gasteiger partial charge in [-0.1, -0.05) is 30.3 Å². The molecule has 0 spiro atoms. The molecule has 5 nitrogen and oxygen atoms in total. The average molecular weight is 399 g/mol. The number of ether oxygens (including phenoxy) is 1. The second-order valence-corrected chi connectivity index (χ2v) is 9.08. The van der Waals surface area contributed by atoms with E-state index in [1.54, 1.807) is 0 Å². The van der Waals surface area contributed by atoms with Crippen LogP contribution in [0.3, 0.4) is 0 Å². The molecule has 1 aromatic rings. The van der Waals surface area contributed by atoms with Gasteiger partial charge < -0.3 is 15.0 Å². The summed E-state index contributed by atoms with van der Waals surface area (Å²) in [5, 5.41) is 3.18. The van der Waals surface area contributed by atoms with Crippen molar-refractivity contribution in [3.05, 3.63) is 35.9 Å². The Morgan fingerprint density at radius 1 is 0.931 bits per heavy atom. The monoisotopic (exact) mass is 398 g/mol. The summed E-state index contributed by atoms with van der Waals surface area (Å²) < 4.78 is 5.31. The fourth-order valence-electron chi connectivity index (χ4n) is 5.11. The van der Waals surface area contributed by atoms with Crippen molar-refractivity contribution in [1.29, 1.82) is 0 Å². The molecule has 2 amide bonds. The van der Waals surface area contributed by atoms with Gasteiger partial charge in [0.25, 0.3) is 0 Å². The van der Waals surface area contributed by atoms with Gasteiger partial charge in [-0.2, -0.15) is 0 Å². The fourth-order valence-corrected chi connectivity index (χ4v) is 5.11. The van der Waals surface area contributed by atoms with Crippen molar-refractivity contribution in [1.82, 2.24) is 10.2 Å². The summed E-state index contributed by atoms with van der Waals surface area (Å²) in [5.41, 5.74) is 1.40. The van der Waals surface area contributed by atoms with Crippen molar-refractivity contribution in [2.75, 3.05) is 26.3 Å². The molecule has 1 atom stereocenters. The highest BCUT2D eigenvalue weighted by Gasteiger charge is 2.33. The number of benzene rings is 1. The van der Waals surface area contributed by atoms with Crippen LogP contribution in [0.5, 0.6) is 0 Å². The van der Waals surface area contributed by atoms with Crippen LogP contribution >= 0.6 is 0 Å². The molecule has 29 heavy (non-hydrogen) atoms. The first-order chi connectivity index (χ1) is 14.2. The van der Waals surface area contributed by atoms with Crippen molar-refractivity contribution < 1.29 is 14.3 Å². The lowest BCUT2D eigenvalue weighted by molar-refractivity contribution is -0.138. The van der Waals surface area contributed by atoms with Gasteiger partial charge >= 0.3 is 0 Å². The molecule has 4 rings (SSSR count). The summed E-state index contributed by atoms with van der Waals surface area (Å²) in [6.07, 6.45) is 7.80. The Bertz CT molecular complexity index is 671. The van der Waals surface area contributed by atoms with E-state index in [-0.39, 0.29) is 23.8 Å². The molecular formula is C24H34N2O3. The van der Waals surface area contributed by atoms with Crippen LogP contribution in [0.1, 0.15) is 50.5 Å². The lowest BCUT2D eigenvalue weighted by Gasteiger charge is -2.36. The van der Waals surface area contributed by atoms with Crippen LogP contribution in [0.25, 0.3) is 0 Å². The Morgan fingerprint density at radius 3 is 2.31 bits per heavy atom. The van der Waals surface area contributed by atoms with Gasteiger partial charge in [0, 0.05) is 31.7 Å². The molecule has 3 fully saturated rings. The van der Waals surface area contributed by atoms with Crippen molar-refractivity contribution in [2.45, 2.75) is 57.4 Å². The maximum Gasteiger partial charge on any atom is 0.225 e. The van der Waals surface area contributed by atoms with Gasteiger partial charge in [0.2, 0.25) is 11.8 Å². The number of rotatable bonds is 5. The minimum absolute atomic E-state index is 0.0199. The smallest absolute Gasteiger partial charge is 0.225 e. The lowest BCUT2D eigenvalue weighted by Crippen LogP contribution is -2.45. The Kier molecular flexibility index (Phi) is 6.86. The van der Waals surface area contributed by atoms with Gasteiger partial charge in [0.05, 0.1) is 12.5 Å². The van der Waals surface area contributed by atoms with Crippen LogP contribution in [-0.4, -0.2) is 49.1 Å². The summed E-state index contributed by atoms with van der Waals surface area (Å²) in [4.78, 5) is 27.3. The highest BCUT2D eigenvalue weighted by molar-refractivity contribution is 5.80. The van der Waals surface area contributed by atoms with Gasteiger partial charge in [-0.15, -0.1) is 0 Å². The predicted molar refractivity (Wildman–Crippen MR) is 112 cm³/mol. The minimum atomic E-state index is 0.0199. The first-order valence-electron chi connectivity index (χ1n) is 11.4. The zero-order valence-electron chi connectivity index (χ0n) is 17.4.